The van der Waals surface area contributed by atoms with E-state index < -0.39 is 6.04 Å². The molecule has 140 valence electrons. The van der Waals surface area contributed by atoms with Crippen LogP contribution in [0.15, 0.2) is 41.8 Å². The average Bonchev–Trinajstić information content (AvgIpc) is 3.05. The highest BCUT2D eigenvalue weighted by atomic mass is 35.5. The lowest BCUT2D eigenvalue weighted by Crippen LogP contribution is -2.38. The van der Waals surface area contributed by atoms with Crippen molar-refractivity contribution >= 4 is 34.8 Å². The summed E-state index contributed by atoms with van der Waals surface area (Å²) in [7, 11) is 0. The zero-order valence-corrected chi connectivity index (χ0v) is 17.1. The van der Waals surface area contributed by atoms with Crippen LogP contribution in [0.2, 0.25) is 5.02 Å². The molecule has 2 rings (SSSR count). The molecule has 0 radical (unpaired) electrons. The van der Waals surface area contributed by atoms with E-state index in [-0.39, 0.29) is 29.7 Å². The number of benzene rings is 1. The summed E-state index contributed by atoms with van der Waals surface area (Å²) in [4.78, 5) is 25.4. The zero-order valence-electron chi connectivity index (χ0n) is 15.5. The Hall–Kier alpha value is -1.85. The molecule has 2 amide bonds. The van der Waals surface area contributed by atoms with Crippen LogP contribution in [0.1, 0.15) is 56.6 Å². The van der Waals surface area contributed by atoms with E-state index in [0.717, 1.165) is 10.4 Å². The number of thiophene rings is 1. The van der Waals surface area contributed by atoms with Crippen molar-refractivity contribution in [2.45, 2.75) is 46.2 Å². The topological polar surface area (TPSA) is 58.2 Å². The first-order valence-electron chi connectivity index (χ1n) is 8.52. The van der Waals surface area contributed by atoms with Crippen molar-refractivity contribution in [3.8, 4) is 0 Å². The van der Waals surface area contributed by atoms with Crippen molar-refractivity contribution in [3.63, 3.8) is 0 Å². The lowest BCUT2D eigenvalue weighted by atomic mass is 9.85. The van der Waals surface area contributed by atoms with Crippen molar-refractivity contribution in [2.24, 2.45) is 5.41 Å². The van der Waals surface area contributed by atoms with E-state index in [1.807, 2.05) is 29.6 Å². The highest BCUT2D eigenvalue weighted by molar-refractivity contribution is 7.10. The minimum absolute atomic E-state index is 0.0850. The maximum Gasteiger partial charge on any atom is 0.222 e. The summed E-state index contributed by atoms with van der Waals surface area (Å²) in [5.41, 5.74) is 0.729. The number of halogens is 1. The Morgan fingerprint density at radius 3 is 2.27 bits per heavy atom. The van der Waals surface area contributed by atoms with Crippen LogP contribution in [0.3, 0.4) is 0 Å². The quantitative estimate of drug-likeness (QED) is 0.736. The summed E-state index contributed by atoms with van der Waals surface area (Å²) in [5.74, 6) is -0.282. The van der Waals surface area contributed by atoms with Gasteiger partial charge >= 0.3 is 0 Å². The standard InChI is InChI=1S/C20H25ClN2O2S/c1-13(24)22-16(14-7-9-15(21)10-8-14)12-18(25)23-19(20(2,3)4)17-6-5-11-26-17/h5-11,16,19H,12H2,1-4H3,(H,22,24)(H,23,25). The van der Waals surface area contributed by atoms with E-state index in [1.165, 1.54) is 6.92 Å². The smallest absolute Gasteiger partial charge is 0.222 e. The molecule has 0 spiro atoms. The molecule has 26 heavy (non-hydrogen) atoms. The van der Waals surface area contributed by atoms with E-state index in [2.05, 4.69) is 31.4 Å². The number of amides is 2. The molecule has 0 aliphatic rings. The van der Waals surface area contributed by atoms with Gasteiger partial charge in [-0.3, -0.25) is 9.59 Å². The van der Waals surface area contributed by atoms with Crippen LogP contribution in [0.5, 0.6) is 0 Å². The van der Waals surface area contributed by atoms with Gasteiger partial charge in [-0.05, 0) is 34.6 Å². The maximum absolute atomic E-state index is 12.7. The fourth-order valence-corrected chi connectivity index (χ4v) is 3.91. The highest BCUT2D eigenvalue weighted by Gasteiger charge is 2.29. The molecule has 6 heteroatoms. The third kappa shape index (κ3) is 5.85. The number of hydrogen-bond donors (Lipinski definition) is 2. The Kier molecular flexibility index (Phi) is 6.84. The van der Waals surface area contributed by atoms with Gasteiger partial charge in [-0.25, -0.2) is 0 Å². The van der Waals surface area contributed by atoms with Crippen LogP contribution in [0.25, 0.3) is 0 Å². The van der Waals surface area contributed by atoms with Crippen LogP contribution >= 0.6 is 22.9 Å². The van der Waals surface area contributed by atoms with Crippen LogP contribution in [0.4, 0.5) is 0 Å². The number of carbonyl (C=O) groups is 2. The predicted molar refractivity (Wildman–Crippen MR) is 107 cm³/mol. The van der Waals surface area contributed by atoms with E-state index >= 15 is 0 Å². The van der Waals surface area contributed by atoms with Crippen LogP contribution < -0.4 is 10.6 Å². The Bertz CT molecular complexity index is 736. The molecular formula is C20H25ClN2O2S. The molecule has 2 atom stereocenters. The molecule has 2 aromatic rings. The Morgan fingerprint density at radius 1 is 1.12 bits per heavy atom. The third-order valence-corrected chi connectivity index (χ3v) is 5.23. The van der Waals surface area contributed by atoms with Gasteiger partial charge in [-0.15, -0.1) is 11.3 Å². The van der Waals surface area contributed by atoms with Crippen molar-refractivity contribution in [1.29, 1.82) is 0 Å². The Morgan fingerprint density at radius 2 is 1.77 bits per heavy atom. The summed E-state index contributed by atoms with van der Waals surface area (Å²) in [5, 5.41) is 8.62. The summed E-state index contributed by atoms with van der Waals surface area (Å²) in [6, 6.07) is 10.7. The molecule has 0 fully saturated rings. The molecule has 0 saturated heterocycles. The second-order valence-corrected chi connectivity index (χ2v) is 8.81. The first kappa shape index (κ1) is 20.5. The molecule has 0 saturated carbocycles. The molecule has 0 bridgehead atoms. The first-order valence-corrected chi connectivity index (χ1v) is 9.78. The predicted octanol–water partition coefficient (Wildman–Crippen LogP) is 4.87. The molecule has 2 N–H and O–H groups in total. The lowest BCUT2D eigenvalue weighted by Gasteiger charge is -2.31. The van der Waals surface area contributed by atoms with Crippen molar-refractivity contribution in [2.75, 3.05) is 0 Å². The van der Waals surface area contributed by atoms with E-state index in [4.69, 9.17) is 11.6 Å². The monoisotopic (exact) mass is 392 g/mol. The van der Waals surface area contributed by atoms with Gasteiger partial charge in [0.25, 0.3) is 0 Å². The number of hydrogen-bond acceptors (Lipinski definition) is 3. The second-order valence-electron chi connectivity index (χ2n) is 7.39. The second kappa shape index (κ2) is 8.69. The van der Waals surface area contributed by atoms with Crippen LogP contribution in [0, 0.1) is 5.41 Å². The van der Waals surface area contributed by atoms with Crippen molar-refractivity contribution in [1.82, 2.24) is 10.6 Å². The van der Waals surface area contributed by atoms with E-state index in [0.29, 0.717) is 5.02 Å². The number of carbonyl (C=O) groups excluding carboxylic acids is 2. The summed E-state index contributed by atoms with van der Waals surface area (Å²) >= 11 is 7.57. The first-order chi connectivity index (χ1) is 12.2. The maximum atomic E-state index is 12.7. The third-order valence-electron chi connectivity index (χ3n) is 4.04. The molecule has 2 unspecified atom stereocenters. The molecule has 0 aliphatic carbocycles. The number of rotatable bonds is 6. The van der Waals surface area contributed by atoms with Gasteiger partial charge < -0.3 is 10.6 Å². The average molecular weight is 393 g/mol. The van der Waals surface area contributed by atoms with Crippen LogP contribution in [-0.2, 0) is 9.59 Å². The van der Waals surface area contributed by atoms with Gasteiger partial charge in [0.1, 0.15) is 0 Å². The zero-order chi connectivity index (χ0) is 19.3. The number of nitrogens with one attached hydrogen (secondary N) is 2. The van der Waals surface area contributed by atoms with Crippen LogP contribution in [-0.4, -0.2) is 11.8 Å². The van der Waals surface area contributed by atoms with Crippen molar-refractivity contribution < 1.29 is 9.59 Å². The summed E-state index contributed by atoms with van der Waals surface area (Å²) in [6.45, 7) is 7.75. The fourth-order valence-electron chi connectivity index (χ4n) is 2.77. The normalized spacial score (nSPS) is 13.7. The molecular weight excluding hydrogens is 368 g/mol. The Balaban J connectivity index is 2.15. The molecule has 4 nitrogen and oxygen atoms in total. The molecule has 0 aliphatic heterocycles. The minimum Gasteiger partial charge on any atom is -0.349 e. The van der Waals surface area contributed by atoms with Gasteiger partial charge in [0.15, 0.2) is 0 Å². The van der Waals surface area contributed by atoms with Gasteiger partial charge in [-0.2, -0.15) is 0 Å². The fraction of sp³-hybridized carbons (Fsp3) is 0.400. The minimum atomic E-state index is -0.395. The van der Waals surface area contributed by atoms with Crippen molar-refractivity contribution in [3.05, 3.63) is 57.2 Å². The SMILES string of the molecule is CC(=O)NC(CC(=O)NC(c1cccs1)C(C)(C)C)c1ccc(Cl)cc1. The van der Waals surface area contributed by atoms with E-state index in [9.17, 15) is 9.59 Å². The van der Waals surface area contributed by atoms with Gasteiger partial charge in [-0.1, -0.05) is 50.6 Å². The lowest BCUT2D eigenvalue weighted by molar-refractivity contribution is -0.124. The highest BCUT2D eigenvalue weighted by Crippen LogP contribution is 2.35. The Labute approximate surface area is 164 Å². The van der Waals surface area contributed by atoms with Gasteiger partial charge in [0.05, 0.1) is 18.5 Å². The van der Waals surface area contributed by atoms with E-state index in [1.54, 1.807) is 23.5 Å². The molecule has 1 aromatic heterocycles. The largest absolute Gasteiger partial charge is 0.349 e. The van der Waals surface area contributed by atoms with Gasteiger partial charge in [0.2, 0.25) is 11.8 Å². The summed E-state index contributed by atoms with van der Waals surface area (Å²) < 4.78 is 0. The van der Waals surface area contributed by atoms with Gasteiger partial charge in [0, 0.05) is 16.8 Å². The molecule has 1 aromatic carbocycles. The molecule has 1 heterocycles. The summed E-state index contributed by atoms with van der Waals surface area (Å²) in [6.07, 6.45) is 0.166.